The molecule has 6 nitrogen and oxygen atoms in total. The number of nitrogens with zero attached hydrogens (tertiary/aromatic N) is 2. The molecule has 0 bridgehead atoms. The average molecular weight is 339 g/mol. The van der Waals surface area contributed by atoms with Gasteiger partial charge in [-0.25, -0.2) is 4.98 Å². The van der Waals surface area contributed by atoms with Gasteiger partial charge in [0.25, 0.3) is 0 Å². The predicted octanol–water partition coefficient (Wildman–Crippen LogP) is 2.95. The first kappa shape index (κ1) is 18.6. The van der Waals surface area contributed by atoms with Gasteiger partial charge < -0.3 is 21.1 Å². The molecule has 0 spiro atoms. The molecule has 2 rings (SSSR count). The molecule has 0 amide bonds. The number of ether oxygens (including phenoxy) is 1. The Kier molecular flexibility index (Phi) is 7.05. The third-order valence-corrected chi connectivity index (χ3v) is 3.97. The number of hydrogen-bond donors (Lipinski definition) is 3. The number of hydrogen-bond acceptors (Lipinski definition) is 6. The third kappa shape index (κ3) is 5.10. The molecule has 0 fully saturated rings. The van der Waals surface area contributed by atoms with Crippen LogP contribution in [-0.2, 0) is 11.2 Å². The molecule has 0 atom stereocenters. The van der Waals surface area contributed by atoms with Gasteiger partial charge in [-0.05, 0) is 30.9 Å². The Morgan fingerprint density at radius 3 is 2.56 bits per heavy atom. The van der Waals surface area contributed by atoms with E-state index in [1.165, 1.54) is 5.56 Å². The number of nitriles is 1. The molecule has 0 unspecified atom stereocenters. The SMILES string of the molecule is COCCCNc1nc(NCCc2ccccc2)c(C#N)c(C)c1N. The van der Waals surface area contributed by atoms with E-state index in [1.54, 1.807) is 7.11 Å². The van der Waals surface area contributed by atoms with Crippen LogP contribution in [0.3, 0.4) is 0 Å². The van der Waals surface area contributed by atoms with Crippen molar-refractivity contribution in [1.82, 2.24) is 4.98 Å². The highest BCUT2D eigenvalue weighted by Gasteiger charge is 2.14. The Balaban J connectivity index is 2.09. The van der Waals surface area contributed by atoms with Crippen LogP contribution in [0.5, 0.6) is 0 Å². The van der Waals surface area contributed by atoms with E-state index in [0.29, 0.717) is 42.6 Å². The van der Waals surface area contributed by atoms with Crippen LogP contribution in [0.2, 0.25) is 0 Å². The second-order valence-corrected chi connectivity index (χ2v) is 5.77. The number of pyridine rings is 1. The van der Waals surface area contributed by atoms with Crippen molar-refractivity contribution < 1.29 is 4.74 Å². The zero-order chi connectivity index (χ0) is 18.1. The number of rotatable bonds is 9. The van der Waals surface area contributed by atoms with Crippen LogP contribution >= 0.6 is 0 Å². The van der Waals surface area contributed by atoms with Gasteiger partial charge in [0.05, 0.1) is 11.3 Å². The Labute approximate surface area is 149 Å². The summed E-state index contributed by atoms with van der Waals surface area (Å²) >= 11 is 0. The molecule has 132 valence electrons. The molecule has 0 aliphatic carbocycles. The first-order valence-corrected chi connectivity index (χ1v) is 8.38. The first-order chi connectivity index (χ1) is 12.2. The number of anilines is 3. The van der Waals surface area contributed by atoms with E-state index in [2.05, 4.69) is 33.8 Å². The molecule has 0 saturated heterocycles. The fourth-order valence-electron chi connectivity index (χ4n) is 2.51. The van der Waals surface area contributed by atoms with Crippen LogP contribution in [0.15, 0.2) is 30.3 Å². The largest absolute Gasteiger partial charge is 0.395 e. The average Bonchev–Trinajstić information content (AvgIpc) is 2.63. The summed E-state index contributed by atoms with van der Waals surface area (Å²) in [6.07, 6.45) is 1.71. The van der Waals surface area contributed by atoms with Crippen molar-refractivity contribution in [2.75, 3.05) is 43.2 Å². The fourth-order valence-corrected chi connectivity index (χ4v) is 2.51. The molecule has 2 aromatic rings. The summed E-state index contributed by atoms with van der Waals surface area (Å²) in [5.74, 6) is 1.18. The quantitative estimate of drug-likeness (QED) is 0.608. The molecular formula is C19H25N5O. The second kappa shape index (κ2) is 9.50. The van der Waals surface area contributed by atoms with Crippen molar-refractivity contribution >= 4 is 17.3 Å². The van der Waals surface area contributed by atoms with E-state index >= 15 is 0 Å². The van der Waals surface area contributed by atoms with Crippen LogP contribution in [0.1, 0.15) is 23.1 Å². The Morgan fingerprint density at radius 1 is 1.16 bits per heavy atom. The topological polar surface area (TPSA) is 96.0 Å². The van der Waals surface area contributed by atoms with Crippen molar-refractivity contribution in [1.29, 1.82) is 5.26 Å². The van der Waals surface area contributed by atoms with Gasteiger partial charge >= 0.3 is 0 Å². The summed E-state index contributed by atoms with van der Waals surface area (Å²) in [5, 5.41) is 15.9. The van der Waals surface area contributed by atoms with Gasteiger partial charge in [0, 0.05) is 26.8 Å². The van der Waals surface area contributed by atoms with Gasteiger partial charge in [0.15, 0.2) is 5.82 Å². The number of nitrogens with one attached hydrogen (secondary N) is 2. The number of nitrogens with two attached hydrogens (primary N) is 1. The minimum atomic E-state index is 0.494. The van der Waals surface area contributed by atoms with E-state index in [0.717, 1.165) is 18.4 Å². The summed E-state index contributed by atoms with van der Waals surface area (Å²) in [6, 6.07) is 12.4. The van der Waals surface area contributed by atoms with Gasteiger partial charge in [-0.1, -0.05) is 30.3 Å². The lowest BCUT2D eigenvalue weighted by molar-refractivity contribution is 0.198. The van der Waals surface area contributed by atoms with E-state index in [9.17, 15) is 5.26 Å². The molecule has 1 heterocycles. The maximum Gasteiger partial charge on any atom is 0.152 e. The lowest BCUT2D eigenvalue weighted by Gasteiger charge is -2.16. The minimum absolute atomic E-state index is 0.494. The third-order valence-electron chi connectivity index (χ3n) is 3.97. The van der Waals surface area contributed by atoms with Gasteiger partial charge in [0.1, 0.15) is 11.9 Å². The Bertz CT molecular complexity index is 725. The van der Waals surface area contributed by atoms with Crippen LogP contribution in [-0.4, -0.2) is 31.8 Å². The molecule has 1 aromatic carbocycles. The van der Waals surface area contributed by atoms with Crippen LogP contribution in [0.25, 0.3) is 0 Å². The van der Waals surface area contributed by atoms with Gasteiger partial charge in [0.2, 0.25) is 0 Å². The molecule has 0 saturated carbocycles. The molecule has 4 N–H and O–H groups in total. The summed E-state index contributed by atoms with van der Waals surface area (Å²) in [5.41, 5.74) is 9.12. The number of benzene rings is 1. The highest BCUT2D eigenvalue weighted by molar-refractivity contribution is 5.74. The summed E-state index contributed by atoms with van der Waals surface area (Å²) < 4.78 is 5.04. The smallest absolute Gasteiger partial charge is 0.152 e. The van der Waals surface area contributed by atoms with Crippen LogP contribution in [0.4, 0.5) is 17.3 Å². The van der Waals surface area contributed by atoms with Crippen molar-refractivity contribution in [3.8, 4) is 6.07 Å². The lowest BCUT2D eigenvalue weighted by Crippen LogP contribution is -2.14. The van der Waals surface area contributed by atoms with Gasteiger partial charge in [-0.15, -0.1) is 0 Å². The standard InChI is InChI=1S/C19H25N5O/c1-14-16(13-20)18(23-11-9-15-7-4-3-5-8-15)24-19(17(14)21)22-10-6-12-25-2/h3-5,7-8H,6,9-12,21H2,1-2H3,(H2,22,23,24). The maximum atomic E-state index is 9.45. The highest BCUT2D eigenvalue weighted by atomic mass is 16.5. The van der Waals surface area contributed by atoms with Crippen molar-refractivity contribution in [2.24, 2.45) is 0 Å². The minimum Gasteiger partial charge on any atom is -0.395 e. The van der Waals surface area contributed by atoms with E-state index in [1.807, 2.05) is 25.1 Å². The Hall–Kier alpha value is -2.78. The normalized spacial score (nSPS) is 10.3. The highest BCUT2D eigenvalue weighted by Crippen LogP contribution is 2.28. The zero-order valence-electron chi connectivity index (χ0n) is 14.8. The molecule has 0 radical (unpaired) electrons. The second-order valence-electron chi connectivity index (χ2n) is 5.77. The van der Waals surface area contributed by atoms with Crippen LogP contribution in [0, 0.1) is 18.3 Å². The van der Waals surface area contributed by atoms with Crippen LogP contribution < -0.4 is 16.4 Å². The first-order valence-electron chi connectivity index (χ1n) is 8.38. The molecule has 0 aliphatic heterocycles. The van der Waals surface area contributed by atoms with E-state index in [4.69, 9.17) is 10.5 Å². The molecule has 1 aromatic heterocycles. The molecule has 6 heteroatoms. The number of methoxy groups -OCH3 is 1. The van der Waals surface area contributed by atoms with Gasteiger partial charge in [-0.3, -0.25) is 0 Å². The predicted molar refractivity (Wildman–Crippen MR) is 102 cm³/mol. The Morgan fingerprint density at radius 2 is 1.88 bits per heavy atom. The lowest BCUT2D eigenvalue weighted by atomic mass is 10.1. The summed E-state index contributed by atoms with van der Waals surface area (Å²) in [6.45, 7) is 3.92. The van der Waals surface area contributed by atoms with E-state index < -0.39 is 0 Å². The van der Waals surface area contributed by atoms with Crippen molar-refractivity contribution in [2.45, 2.75) is 19.8 Å². The molecule has 0 aliphatic rings. The van der Waals surface area contributed by atoms with Crippen molar-refractivity contribution in [3.63, 3.8) is 0 Å². The summed E-state index contributed by atoms with van der Waals surface area (Å²) in [7, 11) is 1.67. The number of aromatic nitrogens is 1. The maximum absolute atomic E-state index is 9.45. The number of nitrogen functional groups attached to an aromatic ring is 1. The fraction of sp³-hybridized carbons (Fsp3) is 0.368. The summed E-state index contributed by atoms with van der Waals surface area (Å²) in [4.78, 5) is 4.52. The molecule has 25 heavy (non-hydrogen) atoms. The monoisotopic (exact) mass is 339 g/mol. The zero-order valence-corrected chi connectivity index (χ0v) is 14.8. The van der Waals surface area contributed by atoms with E-state index in [-0.39, 0.29) is 0 Å². The van der Waals surface area contributed by atoms with Crippen molar-refractivity contribution in [3.05, 3.63) is 47.0 Å². The van der Waals surface area contributed by atoms with Gasteiger partial charge in [-0.2, -0.15) is 5.26 Å². The molecular weight excluding hydrogens is 314 g/mol.